The van der Waals surface area contributed by atoms with E-state index in [2.05, 4.69) is 10.6 Å². The maximum absolute atomic E-state index is 11.9. The average Bonchev–Trinajstić information content (AvgIpc) is 2.42. The highest BCUT2D eigenvalue weighted by Crippen LogP contribution is 2.29. The van der Waals surface area contributed by atoms with E-state index < -0.39 is 17.9 Å². The highest BCUT2D eigenvalue weighted by Gasteiger charge is 2.23. The lowest BCUT2D eigenvalue weighted by Gasteiger charge is -2.20. The molecule has 1 aromatic carbocycles. The van der Waals surface area contributed by atoms with Gasteiger partial charge in [0, 0.05) is 0 Å². The Hall–Kier alpha value is -1.30. The number of hydrogen-bond donors (Lipinski definition) is 3. The Morgan fingerprint density at radius 2 is 1.86 bits per heavy atom. The largest absolute Gasteiger partial charge is 0.480 e. The second-order valence-corrected chi connectivity index (χ2v) is 5.54. The van der Waals surface area contributed by atoms with Gasteiger partial charge in [-0.1, -0.05) is 49.5 Å². The second-order valence-electron chi connectivity index (χ2n) is 4.73. The third-order valence-electron chi connectivity index (χ3n) is 3.19. The van der Waals surface area contributed by atoms with Crippen molar-refractivity contribution in [2.75, 3.05) is 11.9 Å². The van der Waals surface area contributed by atoms with E-state index in [0.29, 0.717) is 22.2 Å². The minimum absolute atomic E-state index is 0.0841. The van der Waals surface area contributed by atoms with Gasteiger partial charge in [-0.25, -0.2) is 0 Å². The molecule has 0 bridgehead atoms. The molecule has 0 heterocycles. The van der Waals surface area contributed by atoms with Gasteiger partial charge in [-0.05, 0) is 18.1 Å². The summed E-state index contributed by atoms with van der Waals surface area (Å²) >= 11 is 11.9. The van der Waals surface area contributed by atoms with Crippen molar-refractivity contribution in [2.45, 2.75) is 26.3 Å². The van der Waals surface area contributed by atoms with Gasteiger partial charge in [-0.15, -0.1) is 0 Å². The van der Waals surface area contributed by atoms with Crippen molar-refractivity contribution in [3.05, 3.63) is 28.2 Å². The zero-order valence-electron chi connectivity index (χ0n) is 11.8. The molecule has 1 rings (SSSR count). The maximum atomic E-state index is 11.9. The van der Waals surface area contributed by atoms with Crippen molar-refractivity contribution in [3.63, 3.8) is 0 Å². The summed E-state index contributed by atoms with van der Waals surface area (Å²) in [5, 5.41) is 15.1. The average molecular weight is 333 g/mol. The fraction of sp³-hybridized carbons (Fsp3) is 0.429. The minimum Gasteiger partial charge on any atom is -0.480 e. The van der Waals surface area contributed by atoms with Crippen molar-refractivity contribution < 1.29 is 14.7 Å². The van der Waals surface area contributed by atoms with Crippen molar-refractivity contribution in [2.24, 2.45) is 5.92 Å². The summed E-state index contributed by atoms with van der Waals surface area (Å²) < 4.78 is 0. The summed E-state index contributed by atoms with van der Waals surface area (Å²) in [6, 6.07) is 4.11. The normalized spacial score (nSPS) is 13.5. The Bertz CT molecular complexity index is 503. The van der Waals surface area contributed by atoms with Crippen LogP contribution in [-0.4, -0.2) is 29.6 Å². The van der Waals surface area contributed by atoms with Gasteiger partial charge in [0.1, 0.15) is 6.04 Å². The van der Waals surface area contributed by atoms with Crippen LogP contribution in [0.4, 0.5) is 5.69 Å². The molecule has 7 heteroatoms. The fourth-order valence-electron chi connectivity index (χ4n) is 1.77. The number of rotatable bonds is 7. The highest BCUT2D eigenvalue weighted by atomic mass is 35.5. The van der Waals surface area contributed by atoms with Crippen LogP contribution in [0.1, 0.15) is 20.3 Å². The molecule has 5 nitrogen and oxygen atoms in total. The minimum atomic E-state index is -0.979. The monoisotopic (exact) mass is 332 g/mol. The van der Waals surface area contributed by atoms with Crippen molar-refractivity contribution in [1.82, 2.24) is 5.32 Å². The Morgan fingerprint density at radius 1 is 1.29 bits per heavy atom. The molecule has 0 fully saturated rings. The highest BCUT2D eigenvalue weighted by molar-refractivity contribution is 6.39. The fourth-order valence-corrected chi connectivity index (χ4v) is 2.26. The molecule has 0 saturated heterocycles. The van der Waals surface area contributed by atoms with Crippen molar-refractivity contribution in [1.29, 1.82) is 0 Å². The second kappa shape index (κ2) is 8.22. The molecule has 0 aliphatic carbocycles. The van der Waals surface area contributed by atoms with E-state index in [4.69, 9.17) is 28.3 Å². The number of carboxylic acid groups (broad SMARTS) is 1. The zero-order valence-corrected chi connectivity index (χ0v) is 13.3. The third-order valence-corrected chi connectivity index (χ3v) is 3.82. The first kappa shape index (κ1) is 17.8. The van der Waals surface area contributed by atoms with Crippen molar-refractivity contribution in [3.8, 4) is 0 Å². The molecule has 21 heavy (non-hydrogen) atoms. The van der Waals surface area contributed by atoms with Gasteiger partial charge in [0.15, 0.2) is 0 Å². The molecule has 2 atom stereocenters. The van der Waals surface area contributed by atoms with E-state index in [1.165, 1.54) is 0 Å². The Labute approximate surface area is 133 Å². The Balaban J connectivity index is 2.63. The number of anilines is 1. The number of nitrogens with one attached hydrogen (secondary N) is 2. The molecule has 0 unspecified atom stereocenters. The van der Waals surface area contributed by atoms with Crippen LogP contribution >= 0.6 is 23.2 Å². The third kappa shape index (κ3) is 5.19. The van der Waals surface area contributed by atoms with Gasteiger partial charge in [0.25, 0.3) is 0 Å². The summed E-state index contributed by atoms with van der Waals surface area (Å²) in [6.07, 6.45) is 0.696. The van der Waals surface area contributed by atoms with E-state index in [0.717, 1.165) is 0 Å². The van der Waals surface area contributed by atoms with Gasteiger partial charge in [0.05, 0.1) is 22.3 Å². The van der Waals surface area contributed by atoms with Crippen LogP contribution in [0.25, 0.3) is 0 Å². The summed E-state index contributed by atoms with van der Waals surface area (Å²) in [7, 11) is 0. The predicted octanol–water partition coefficient (Wildman–Crippen LogP) is 3.02. The first-order valence-corrected chi connectivity index (χ1v) is 7.32. The molecule has 1 aromatic rings. The van der Waals surface area contributed by atoms with Crippen molar-refractivity contribution >= 4 is 40.8 Å². The summed E-state index contributed by atoms with van der Waals surface area (Å²) in [4.78, 5) is 23.0. The molecule has 0 aliphatic rings. The van der Waals surface area contributed by atoms with Crippen LogP contribution in [-0.2, 0) is 9.59 Å². The summed E-state index contributed by atoms with van der Waals surface area (Å²) in [5.41, 5.74) is 0.322. The van der Waals surface area contributed by atoms with E-state index in [-0.39, 0.29) is 12.5 Å². The number of halogens is 2. The zero-order chi connectivity index (χ0) is 16.0. The number of para-hydroxylation sites is 1. The van der Waals surface area contributed by atoms with Gasteiger partial charge >= 0.3 is 5.97 Å². The van der Waals surface area contributed by atoms with E-state index >= 15 is 0 Å². The standard InChI is InChI=1S/C14H18Cl2N2O3/c1-3-8(2)12(14(20)21)17-7-11(19)18-13-9(15)5-4-6-10(13)16/h4-6,8,12,17H,3,7H2,1-2H3,(H,18,19)(H,20,21)/t8-,12-/m0/s1. The molecular weight excluding hydrogens is 315 g/mol. The number of aliphatic carboxylic acids is 1. The quantitative estimate of drug-likeness (QED) is 0.717. The van der Waals surface area contributed by atoms with Crippen LogP contribution in [0.2, 0.25) is 10.0 Å². The molecule has 0 aliphatic heterocycles. The van der Waals surface area contributed by atoms with Crippen LogP contribution in [0.3, 0.4) is 0 Å². The number of amides is 1. The van der Waals surface area contributed by atoms with Gasteiger partial charge in [0.2, 0.25) is 5.91 Å². The van der Waals surface area contributed by atoms with Crippen LogP contribution in [0.5, 0.6) is 0 Å². The lowest BCUT2D eigenvalue weighted by atomic mass is 9.99. The van der Waals surface area contributed by atoms with Gasteiger partial charge in [-0.3, -0.25) is 14.9 Å². The number of carbonyl (C=O) groups excluding carboxylic acids is 1. The summed E-state index contributed by atoms with van der Waals surface area (Å²) in [6.45, 7) is 3.57. The Morgan fingerprint density at radius 3 is 2.33 bits per heavy atom. The SMILES string of the molecule is CC[C@H](C)[C@H](NCC(=O)Nc1c(Cl)cccc1Cl)C(=O)O. The van der Waals surface area contributed by atoms with E-state index in [1.54, 1.807) is 18.2 Å². The molecule has 0 spiro atoms. The molecule has 1 amide bonds. The lowest BCUT2D eigenvalue weighted by Crippen LogP contribution is -2.45. The van der Waals surface area contributed by atoms with Crippen LogP contribution in [0, 0.1) is 5.92 Å². The predicted molar refractivity (Wildman–Crippen MR) is 84.0 cm³/mol. The molecule has 0 radical (unpaired) electrons. The maximum Gasteiger partial charge on any atom is 0.320 e. The van der Waals surface area contributed by atoms with E-state index in [9.17, 15) is 9.59 Å². The van der Waals surface area contributed by atoms with Crippen LogP contribution in [0.15, 0.2) is 18.2 Å². The lowest BCUT2D eigenvalue weighted by molar-refractivity contribution is -0.140. The van der Waals surface area contributed by atoms with Gasteiger partial charge < -0.3 is 10.4 Å². The smallest absolute Gasteiger partial charge is 0.320 e. The van der Waals surface area contributed by atoms with Gasteiger partial charge in [-0.2, -0.15) is 0 Å². The molecule has 0 saturated carbocycles. The molecule has 0 aromatic heterocycles. The first-order valence-electron chi connectivity index (χ1n) is 6.56. The molecule has 3 N–H and O–H groups in total. The van der Waals surface area contributed by atoms with E-state index in [1.807, 2.05) is 13.8 Å². The Kier molecular flexibility index (Phi) is 6.95. The topological polar surface area (TPSA) is 78.4 Å². The number of hydrogen-bond acceptors (Lipinski definition) is 3. The molecular formula is C14H18Cl2N2O3. The first-order chi connectivity index (χ1) is 9.86. The number of carbonyl (C=O) groups is 2. The summed E-state index contributed by atoms with van der Waals surface area (Å²) in [5.74, 6) is -1.47. The van der Waals surface area contributed by atoms with Crippen LogP contribution < -0.4 is 10.6 Å². The number of benzene rings is 1. The molecule has 116 valence electrons. The number of carboxylic acids is 1.